The molecule has 0 radical (unpaired) electrons. The Morgan fingerprint density at radius 1 is 1.00 bits per heavy atom. The van der Waals surface area contributed by atoms with Gasteiger partial charge in [-0.25, -0.2) is 0 Å². The van der Waals surface area contributed by atoms with Gasteiger partial charge in [0, 0.05) is 15.9 Å². The lowest BCUT2D eigenvalue weighted by Gasteiger charge is -2.14. The van der Waals surface area contributed by atoms with Gasteiger partial charge in [-0.15, -0.1) is 0 Å². The van der Waals surface area contributed by atoms with E-state index in [9.17, 15) is 0 Å². The van der Waals surface area contributed by atoms with Gasteiger partial charge in [0.1, 0.15) is 5.75 Å². The Kier molecular flexibility index (Phi) is 9.79. The number of unbranched alkanes of at least 4 members (excludes halogenated alkanes) is 6. The Balaban J connectivity index is 2.38. The van der Waals surface area contributed by atoms with Crippen molar-refractivity contribution in [2.75, 3.05) is 7.11 Å². The van der Waals surface area contributed by atoms with E-state index in [4.69, 9.17) is 27.9 Å². The maximum Gasteiger partial charge on any atom is 0.138 e. The number of ether oxygens (including phenoxy) is 1. The molecule has 0 saturated carbocycles. The molecular weight excluding hydrogens is 371 g/mol. The highest BCUT2D eigenvalue weighted by Crippen LogP contribution is 2.39. The second kappa shape index (κ2) is 10.7. The summed E-state index contributed by atoms with van der Waals surface area (Å²) < 4.78 is 5.17. The first-order valence-electron chi connectivity index (χ1n) is 7.77. The van der Waals surface area contributed by atoms with Crippen LogP contribution in [0.1, 0.15) is 68.7 Å². The summed E-state index contributed by atoms with van der Waals surface area (Å²) in [6.45, 7) is 2.25. The number of benzene rings is 1. The monoisotopic (exact) mass is 394 g/mol. The highest BCUT2D eigenvalue weighted by Gasteiger charge is 2.14. The lowest BCUT2D eigenvalue weighted by Crippen LogP contribution is -1.94. The van der Waals surface area contributed by atoms with Gasteiger partial charge in [0.05, 0.1) is 12.1 Å². The van der Waals surface area contributed by atoms with Crippen molar-refractivity contribution in [1.29, 1.82) is 0 Å². The van der Waals surface area contributed by atoms with E-state index < -0.39 is 0 Å². The third kappa shape index (κ3) is 6.80. The van der Waals surface area contributed by atoms with E-state index >= 15 is 0 Å². The Morgan fingerprint density at radius 2 is 1.62 bits per heavy atom. The highest BCUT2D eigenvalue weighted by molar-refractivity contribution is 9.09. The van der Waals surface area contributed by atoms with E-state index in [-0.39, 0.29) is 4.83 Å². The first-order chi connectivity index (χ1) is 10.1. The zero-order valence-electron chi connectivity index (χ0n) is 12.9. The standard InChI is InChI=1S/C17H25BrCl2O/c1-3-4-5-6-7-8-9-10-14(18)13-11-16(20)17(21-2)12-15(13)19/h11-12,14H,3-10H2,1-2H3. The lowest BCUT2D eigenvalue weighted by atomic mass is 10.0. The van der Waals surface area contributed by atoms with Gasteiger partial charge in [0.15, 0.2) is 0 Å². The highest BCUT2D eigenvalue weighted by atomic mass is 79.9. The Labute approximate surface area is 147 Å². The molecule has 4 heteroatoms. The predicted molar refractivity (Wildman–Crippen MR) is 97.3 cm³/mol. The lowest BCUT2D eigenvalue weighted by molar-refractivity contribution is 0.415. The summed E-state index contributed by atoms with van der Waals surface area (Å²) in [5.41, 5.74) is 1.05. The van der Waals surface area contributed by atoms with E-state index in [0.29, 0.717) is 15.8 Å². The van der Waals surface area contributed by atoms with E-state index in [0.717, 1.165) is 12.0 Å². The van der Waals surface area contributed by atoms with Gasteiger partial charge < -0.3 is 4.74 Å². The second-order valence-corrected chi connectivity index (χ2v) is 7.31. The molecule has 0 amide bonds. The summed E-state index contributed by atoms with van der Waals surface area (Å²) in [7, 11) is 1.60. The molecule has 0 spiro atoms. The van der Waals surface area contributed by atoms with Gasteiger partial charge in [0.25, 0.3) is 0 Å². The van der Waals surface area contributed by atoms with Crippen molar-refractivity contribution in [3.05, 3.63) is 27.7 Å². The Bertz CT molecular complexity index is 423. The number of rotatable bonds is 10. The number of hydrogen-bond donors (Lipinski definition) is 0. The fraction of sp³-hybridized carbons (Fsp3) is 0.647. The molecule has 0 aliphatic heterocycles. The third-order valence-electron chi connectivity index (χ3n) is 3.67. The summed E-state index contributed by atoms with van der Waals surface area (Å²) in [6, 6.07) is 3.70. The van der Waals surface area contributed by atoms with Crippen molar-refractivity contribution in [1.82, 2.24) is 0 Å². The summed E-state index contributed by atoms with van der Waals surface area (Å²) in [5.74, 6) is 0.626. The largest absolute Gasteiger partial charge is 0.495 e. The van der Waals surface area contributed by atoms with Crippen LogP contribution >= 0.6 is 39.1 Å². The molecule has 1 rings (SSSR count). The van der Waals surface area contributed by atoms with Crippen molar-refractivity contribution in [3.8, 4) is 5.75 Å². The minimum absolute atomic E-state index is 0.254. The minimum atomic E-state index is 0.254. The van der Waals surface area contributed by atoms with Gasteiger partial charge in [-0.1, -0.05) is 91.0 Å². The Hall–Kier alpha value is 0.0800. The predicted octanol–water partition coefficient (Wildman–Crippen LogP) is 7.58. The van der Waals surface area contributed by atoms with Crippen LogP contribution in [0.2, 0.25) is 10.0 Å². The molecule has 0 aromatic heterocycles. The molecule has 0 fully saturated rings. The average Bonchev–Trinajstić information content (AvgIpc) is 2.48. The van der Waals surface area contributed by atoms with Crippen LogP contribution in [0.25, 0.3) is 0 Å². The number of alkyl halides is 1. The van der Waals surface area contributed by atoms with Gasteiger partial charge >= 0.3 is 0 Å². The minimum Gasteiger partial charge on any atom is -0.495 e. The summed E-state index contributed by atoms with van der Waals surface area (Å²) in [5, 5.41) is 1.32. The third-order valence-corrected chi connectivity index (χ3v) is 5.24. The molecule has 21 heavy (non-hydrogen) atoms. The molecule has 1 aromatic carbocycles. The van der Waals surface area contributed by atoms with Crippen LogP contribution in [0.4, 0.5) is 0 Å². The maximum atomic E-state index is 6.30. The first-order valence-corrected chi connectivity index (χ1v) is 9.44. The van der Waals surface area contributed by atoms with Gasteiger partial charge in [-0.05, 0) is 18.1 Å². The smallest absolute Gasteiger partial charge is 0.138 e. The molecule has 1 aromatic rings. The van der Waals surface area contributed by atoms with Crippen LogP contribution in [0, 0.1) is 0 Å². The van der Waals surface area contributed by atoms with Gasteiger partial charge in [0.2, 0.25) is 0 Å². The molecule has 0 heterocycles. The Morgan fingerprint density at radius 3 is 2.24 bits per heavy atom. The molecule has 1 atom stereocenters. The van der Waals surface area contributed by atoms with E-state index in [1.54, 1.807) is 13.2 Å². The molecule has 1 nitrogen and oxygen atoms in total. The molecule has 120 valence electrons. The van der Waals surface area contributed by atoms with Gasteiger partial charge in [-0.3, -0.25) is 0 Å². The van der Waals surface area contributed by atoms with Crippen LogP contribution in [0.5, 0.6) is 5.75 Å². The fourth-order valence-electron chi connectivity index (χ4n) is 2.38. The zero-order valence-corrected chi connectivity index (χ0v) is 16.0. The quantitative estimate of drug-likeness (QED) is 0.293. The summed E-state index contributed by atoms with van der Waals surface area (Å²) in [4.78, 5) is 0.254. The van der Waals surface area contributed by atoms with Gasteiger partial charge in [-0.2, -0.15) is 0 Å². The van der Waals surface area contributed by atoms with Crippen molar-refractivity contribution in [3.63, 3.8) is 0 Å². The SMILES string of the molecule is CCCCCCCCCC(Br)c1cc(Cl)c(OC)cc1Cl. The number of methoxy groups -OCH3 is 1. The van der Waals surface area contributed by atoms with Crippen molar-refractivity contribution in [2.45, 2.75) is 63.1 Å². The molecule has 0 N–H and O–H groups in total. The average molecular weight is 396 g/mol. The molecule has 0 saturated heterocycles. The van der Waals surface area contributed by atoms with Crippen molar-refractivity contribution >= 4 is 39.1 Å². The molecular formula is C17H25BrCl2O. The normalized spacial score (nSPS) is 12.4. The summed E-state index contributed by atoms with van der Waals surface area (Å²) >= 11 is 16.2. The summed E-state index contributed by atoms with van der Waals surface area (Å²) in [6.07, 6.45) is 10.3. The number of halogens is 3. The molecule has 1 unspecified atom stereocenters. The van der Waals surface area contributed by atoms with Crippen LogP contribution in [-0.2, 0) is 0 Å². The first kappa shape index (κ1) is 19.1. The van der Waals surface area contributed by atoms with Crippen LogP contribution in [-0.4, -0.2) is 7.11 Å². The fourth-order valence-corrected chi connectivity index (χ4v) is 3.75. The number of hydrogen-bond acceptors (Lipinski definition) is 1. The molecule has 0 aliphatic carbocycles. The second-order valence-electron chi connectivity index (χ2n) is 5.39. The van der Waals surface area contributed by atoms with Crippen LogP contribution < -0.4 is 4.74 Å². The maximum absolute atomic E-state index is 6.30. The van der Waals surface area contributed by atoms with E-state index in [1.165, 1.54) is 44.9 Å². The van der Waals surface area contributed by atoms with E-state index in [2.05, 4.69) is 22.9 Å². The van der Waals surface area contributed by atoms with Crippen LogP contribution in [0.3, 0.4) is 0 Å². The zero-order chi connectivity index (χ0) is 15.7. The van der Waals surface area contributed by atoms with Crippen LogP contribution in [0.15, 0.2) is 12.1 Å². The molecule has 0 aliphatic rings. The van der Waals surface area contributed by atoms with Crippen molar-refractivity contribution in [2.24, 2.45) is 0 Å². The molecule has 0 bridgehead atoms. The van der Waals surface area contributed by atoms with E-state index in [1.807, 2.05) is 6.07 Å². The topological polar surface area (TPSA) is 9.23 Å². The van der Waals surface area contributed by atoms with Crippen molar-refractivity contribution < 1.29 is 4.74 Å².